The third-order valence-corrected chi connectivity index (χ3v) is 2.35. The lowest BCUT2D eigenvalue weighted by molar-refractivity contribution is 0.474. The van der Waals surface area contributed by atoms with E-state index >= 15 is 0 Å². The van der Waals surface area contributed by atoms with Gasteiger partial charge in [-0.3, -0.25) is 4.98 Å². The van der Waals surface area contributed by atoms with E-state index in [0.29, 0.717) is 5.75 Å². The molecule has 0 amide bonds. The van der Waals surface area contributed by atoms with Gasteiger partial charge in [-0.05, 0) is 34.1 Å². The van der Waals surface area contributed by atoms with Gasteiger partial charge in [-0.25, -0.2) is 4.39 Å². The van der Waals surface area contributed by atoms with Crippen LogP contribution in [0.15, 0.2) is 41.1 Å². The summed E-state index contributed by atoms with van der Waals surface area (Å²) >= 11 is 3.25. The largest absolute Gasteiger partial charge is 0.456 e. The molecule has 0 aliphatic rings. The van der Waals surface area contributed by atoms with Gasteiger partial charge in [0.2, 0.25) is 0 Å². The lowest BCUT2D eigenvalue weighted by Crippen LogP contribution is -1.88. The van der Waals surface area contributed by atoms with Crippen LogP contribution in [0.2, 0.25) is 0 Å². The molecule has 3 nitrogen and oxygen atoms in total. The second kappa shape index (κ2) is 4.93. The number of nitriles is 1. The first-order valence-electron chi connectivity index (χ1n) is 4.66. The monoisotopic (exact) mass is 292 g/mol. The Morgan fingerprint density at radius 2 is 2.00 bits per heavy atom. The first kappa shape index (κ1) is 11.6. The summed E-state index contributed by atoms with van der Waals surface area (Å²) in [6.45, 7) is 0. The van der Waals surface area contributed by atoms with Crippen molar-refractivity contribution >= 4 is 15.9 Å². The van der Waals surface area contributed by atoms with Crippen molar-refractivity contribution in [3.63, 3.8) is 0 Å². The Kier molecular flexibility index (Phi) is 3.35. The summed E-state index contributed by atoms with van der Waals surface area (Å²) in [6, 6.07) is 7.38. The highest BCUT2D eigenvalue weighted by atomic mass is 79.9. The zero-order valence-electron chi connectivity index (χ0n) is 8.52. The van der Waals surface area contributed by atoms with Crippen molar-refractivity contribution in [3.05, 3.63) is 52.5 Å². The first-order valence-corrected chi connectivity index (χ1v) is 5.46. The summed E-state index contributed by atoms with van der Waals surface area (Å²) in [5, 5.41) is 8.70. The van der Waals surface area contributed by atoms with Crippen molar-refractivity contribution in [2.24, 2.45) is 0 Å². The lowest BCUT2D eigenvalue weighted by atomic mass is 10.2. The molecule has 84 valence electrons. The number of hydrogen-bond acceptors (Lipinski definition) is 3. The lowest BCUT2D eigenvalue weighted by Gasteiger charge is -2.05. The van der Waals surface area contributed by atoms with Gasteiger partial charge in [0.15, 0.2) is 0 Å². The van der Waals surface area contributed by atoms with Crippen molar-refractivity contribution in [1.82, 2.24) is 4.98 Å². The minimum absolute atomic E-state index is 0.211. The molecule has 0 unspecified atom stereocenters. The highest BCUT2D eigenvalue weighted by molar-refractivity contribution is 9.10. The average Bonchev–Trinajstić information content (AvgIpc) is 2.28. The van der Waals surface area contributed by atoms with E-state index in [-0.39, 0.29) is 11.3 Å². The minimum atomic E-state index is -0.512. The number of rotatable bonds is 2. The van der Waals surface area contributed by atoms with Gasteiger partial charge in [0, 0.05) is 16.7 Å². The fourth-order valence-corrected chi connectivity index (χ4v) is 1.61. The van der Waals surface area contributed by atoms with E-state index in [0.717, 1.165) is 10.5 Å². The van der Waals surface area contributed by atoms with Crippen molar-refractivity contribution in [2.45, 2.75) is 0 Å². The Morgan fingerprint density at radius 1 is 1.18 bits per heavy atom. The fraction of sp³-hybridized carbons (Fsp3) is 0. The van der Waals surface area contributed by atoms with Gasteiger partial charge in [0.1, 0.15) is 17.3 Å². The van der Waals surface area contributed by atoms with Crippen LogP contribution in [0.5, 0.6) is 11.5 Å². The highest BCUT2D eigenvalue weighted by Crippen LogP contribution is 2.24. The van der Waals surface area contributed by atoms with Crippen LogP contribution in [-0.2, 0) is 0 Å². The van der Waals surface area contributed by atoms with Crippen LogP contribution in [0.25, 0.3) is 0 Å². The van der Waals surface area contributed by atoms with E-state index in [1.807, 2.05) is 6.07 Å². The highest BCUT2D eigenvalue weighted by Gasteiger charge is 2.03. The molecule has 1 heterocycles. The molecule has 17 heavy (non-hydrogen) atoms. The molecule has 0 N–H and O–H groups in total. The van der Waals surface area contributed by atoms with Crippen LogP contribution in [-0.4, -0.2) is 4.98 Å². The van der Waals surface area contributed by atoms with Gasteiger partial charge in [0.25, 0.3) is 0 Å². The molecule has 0 atom stereocenters. The smallest absolute Gasteiger partial charge is 0.146 e. The van der Waals surface area contributed by atoms with Crippen molar-refractivity contribution < 1.29 is 9.13 Å². The predicted octanol–water partition coefficient (Wildman–Crippen LogP) is 3.65. The number of benzene rings is 1. The average molecular weight is 293 g/mol. The zero-order valence-corrected chi connectivity index (χ0v) is 10.1. The summed E-state index contributed by atoms with van der Waals surface area (Å²) < 4.78 is 19.3. The number of halogens is 2. The second-order valence-electron chi connectivity index (χ2n) is 3.23. The molecule has 0 fully saturated rings. The Labute approximate surface area is 106 Å². The number of pyridine rings is 1. The predicted molar refractivity (Wildman–Crippen MR) is 63.1 cm³/mol. The Morgan fingerprint density at radius 3 is 2.71 bits per heavy atom. The van der Waals surface area contributed by atoms with E-state index in [1.54, 1.807) is 12.3 Å². The van der Waals surface area contributed by atoms with Gasteiger partial charge >= 0.3 is 0 Å². The molecule has 0 aliphatic carbocycles. The molecule has 0 spiro atoms. The van der Waals surface area contributed by atoms with Crippen molar-refractivity contribution in [2.75, 3.05) is 0 Å². The van der Waals surface area contributed by atoms with Crippen LogP contribution in [0.4, 0.5) is 4.39 Å². The van der Waals surface area contributed by atoms with E-state index in [9.17, 15) is 4.39 Å². The Balaban J connectivity index is 2.30. The van der Waals surface area contributed by atoms with Crippen LogP contribution in [0, 0.1) is 17.1 Å². The third-order valence-electron chi connectivity index (χ3n) is 1.92. The van der Waals surface area contributed by atoms with Gasteiger partial charge < -0.3 is 4.74 Å². The van der Waals surface area contributed by atoms with Crippen LogP contribution in [0.1, 0.15) is 5.56 Å². The summed E-state index contributed by atoms with van der Waals surface area (Å²) in [5.41, 5.74) is 0.211. The normalized spacial score (nSPS) is 9.71. The summed E-state index contributed by atoms with van der Waals surface area (Å²) in [6.07, 6.45) is 3.11. The van der Waals surface area contributed by atoms with Crippen molar-refractivity contribution in [1.29, 1.82) is 5.26 Å². The van der Waals surface area contributed by atoms with E-state index in [4.69, 9.17) is 10.00 Å². The van der Waals surface area contributed by atoms with E-state index in [1.165, 1.54) is 18.3 Å². The molecule has 1 aromatic carbocycles. The first-order chi connectivity index (χ1) is 8.17. The molecular formula is C12H6BrFN2O. The maximum Gasteiger partial charge on any atom is 0.146 e. The molecule has 0 saturated heterocycles. The molecule has 5 heteroatoms. The molecular weight excluding hydrogens is 287 g/mol. The van der Waals surface area contributed by atoms with Gasteiger partial charge in [-0.1, -0.05) is 0 Å². The fourth-order valence-electron chi connectivity index (χ4n) is 1.27. The molecule has 0 radical (unpaired) electrons. The standard InChI is InChI=1S/C12H6BrFN2O/c13-9-3-12(7-16-6-9)17-11-2-8(5-15)1-10(14)4-11/h1-4,6-7H. The van der Waals surface area contributed by atoms with Crippen molar-refractivity contribution in [3.8, 4) is 17.6 Å². The summed E-state index contributed by atoms with van der Waals surface area (Å²) in [4.78, 5) is 3.91. The SMILES string of the molecule is N#Cc1cc(F)cc(Oc2cncc(Br)c2)c1. The zero-order chi connectivity index (χ0) is 12.3. The molecule has 2 aromatic rings. The summed E-state index contributed by atoms with van der Waals surface area (Å²) in [5.74, 6) is 0.220. The van der Waals surface area contributed by atoms with Gasteiger partial charge in [-0.2, -0.15) is 5.26 Å². The van der Waals surface area contributed by atoms with Crippen LogP contribution >= 0.6 is 15.9 Å². The molecule has 2 rings (SSSR count). The molecule has 0 aliphatic heterocycles. The number of ether oxygens (including phenoxy) is 1. The van der Waals surface area contributed by atoms with Crippen LogP contribution < -0.4 is 4.74 Å². The second-order valence-corrected chi connectivity index (χ2v) is 4.14. The van der Waals surface area contributed by atoms with E-state index < -0.39 is 5.82 Å². The van der Waals surface area contributed by atoms with Crippen LogP contribution in [0.3, 0.4) is 0 Å². The third kappa shape index (κ3) is 3.02. The minimum Gasteiger partial charge on any atom is -0.456 e. The topological polar surface area (TPSA) is 45.9 Å². The molecule has 0 bridgehead atoms. The molecule has 0 saturated carbocycles. The van der Waals surface area contributed by atoms with E-state index in [2.05, 4.69) is 20.9 Å². The maximum atomic E-state index is 13.1. The summed E-state index contributed by atoms with van der Waals surface area (Å²) in [7, 11) is 0. The maximum absolute atomic E-state index is 13.1. The van der Waals surface area contributed by atoms with Gasteiger partial charge in [-0.15, -0.1) is 0 Å². The number of aromatic nitrogens is 1. The number of nitrogens with zero attached hydrogens (tertiary/aromatic N) is 2. The Bertz CT molecular complexity index is 595. The quantitative estimate of drug-likeness (QED) is 0.849. The van der Waals surface area contributed by atoms with Gasteiger partial charge in [0.05, 0.1) is 17.8 Å². The number of hydrogen-bond donors (Lipinski definition) is 0. The Hall–Kier alpha value is -1.93. The molecule has 1 aromatic heterocycles.